The largest absolute Gasteiger partial charge is 0.341 e. The van der Waals surface area contributed by atoms with Crippen LogP contribution in [0.15, 0.2) is 42.6 Å². The van der Waals surface area contributed by atoms with Crippen molar-refractivity contribution in [3.8, 4) is 11.4 Å². The summed E-state index contributed by atoms with van der Waals surface area (Å²) in [6, 6.07) is 11.3. The number of carbonyl (C=O) groups excluding carboxylic acids is 1. The van der Waals surface area contributed by atoms with E-state index in [4.69, 9.17) is 11.6 Å². The van der Waals surface area contributed by atoms with Crippen LogP contribution in [0.2, 0.25) is 5.02 Å². The minimum atomic E-state index is 0.118. The number of carbonyl (C=O) groups is 1. The Balaban J connectivity index is 1.78. The maximum absolute atomic E-state index is 12.6. The molecule has 122 valence electrons. The van der Waals surface area contributed by atoms with Crippen LogP contribution < -0.4 is 0 Å². The van der Waals surface area contributed by atoms with E-state index in [-0.39, 0.29) is 12.5 Å². The molecule has 6 heteroatoms. The molecule has 1 fully saturated rings. The lowest BCUT2D eigenvalue weighted by Crippen LogP contribution is -2.31. The molecule has 0 spiro atoms. The molecule has 0 atom stereocenters. The summed E-state index contributed by atoms with van der Waals surface area (Å²) in [4.78, 5) is 23.6. The summed E-state index contributed by atoms with van der Waals surface area (Å²) in [5.74, 6) is 0.862. The van der Waals surface area contributed by atoms with Crippen molar-refractivity contribution in [3.05, 3.63) is 47.6 Å². The number of halogens is 1. The van der Waals surface area contributed by atoms with Gasteiger partial charge in [0.2, 0.25) is 5.91 Å². The molecule has 1 amide bonds. The molecule has 0 N–H and O–H groups in total. The molecule has 0 bridgehead atoms. The van der Waals surface area contributed by atoms with Gasteiger partial charge in [-0.05, 0) is 49.2 Å². The van der Waals surface area contributed by atoms with Crippen molar-refractivity contribution in [1.29, 1.82) is 0 Å². The topological polar surface area (TPSA) is 51.0 Å². The van der Waals surface area contributed by atoms with E-state index in [0.29, 0.717) is 5.02 Å². The van der Waals surface area contributed by atoms with Gasteiger partial charge in [-0.2, -0.15) is 0 Å². The third-order valence-electron chi connectivity index (χ3n) is 4.36. The summed E-state index contributed by atoms with van der Waals surface area (Å²) < 4.78 is 1.90. The normalized spacial score (nSPS) is 14.5. The Morgan fingerprint density at radius 2 is 1.88 bits per heavy atom. The Labute approximate surface area is 144 Å². The van der Waals surface area contributed by atoms with Crippen LogP contribution >= 0.6 is 11.6 Å². The summed E-state index contributed by atoms with van der Waals surface area (Å²) >= 11 is 5.99. The van der Waals surface area contributed by atoms with Crippen molar-refractivity contribution in [2.75, 3.05) is 13.1 Å². The van der Waals surface area contributed by atoms with Crippen LogP contribution in [0.3, 0.4) is 0 Å². The highest BCUT2D eigenvalue weighted by atomic mass is 35.5. The zero-order chi connectivity index (χ0) is 16.5. The van der Waals surface area contributed by atoms with Gasteiger partial charge < -0.3 is 4.90 Å². The second kappa shape index (κ2) is 6.24. The minimum Gasteiger partial charge on any atom is -0.341 e. The van der Waals surface area contributed by atoms with Crippen molar-refractivity contribution in [2.45, 2.75) is 19.4 Å². The Hall–Kier alpha value is -2.40. The second-order valence-corrected chi connectivity index (χ2v) is 6.40. The van der Waals surface area contributed by atoms with Crippen LogP contribution in [0, 0.1) is 0 Å². The SMILES string of the molecule is O=C(Cn1c(-c2ccc(Cl)cc2)nc2cccnc21)N1CCCC1. The first-order valence-electron chi connectivity index (χ1n) is 8.07. The quantitative estimate of drug-likeness (QED) is 0.734. The van der Waals surface area contributed by atoms with Gasteiger partial charge in [-0.25, -0.2) is 9.97 Å². The number of pyridine rings is 1. The molecule has 4 rings (SSSR count). The summed E-state index contributed by atoms with van der Waals surface area (Å²) in [7, 11) is 0. The molecule has 0 saturated carbocycles. The maximum atomic E-state index is 12.6. The lowest BCUT2D eigenvalue weighted by atomic mass is 10.2. The van der Waals surface area contributed by atoms with Gasteiger partial charge in [0.05, 0.1) is 0 Å². The van der Waals surface area contributed by atoms with Crippen LogP contribution in [-0.2, 0) is 11.3 Å². The molecule has 1 aliphatic heterocycles. The lowest BCUT2D eigenvalue weighted by Gasteiger charge is -2.16. The van der Waals surface area contributed by atoms with E-state index in [0.717, 1.165) is 48.5 Å². The fourth-order valence-corrected chi connectivity index (χ4v) is 3.26. The highest BCUT2D eigenvalue weighted by Gasteiger charge is 2.21. The number of rotatable bonds is 3. The van der Waals surface area contributed by atoms with Crippen molar-refractivity contribution in [1.82, 2.24) is 19.4 Å². The molecule has 1 saturated heterocycles. The third-order valence-corrected chi connectivity index (χ3v) is 4.61. The number of nitrogens with zero attached hydrogens (tertiary/aromatic N) is 4. The van der Waals surface area contributed by atoms with Crippen LogP contribution in [0.4, 0.5) is 0 Å². The Morgan fingerprint density at radius 1 is 1.12 bits per heavy atom. The zero-order valence-corrected chi connectivity index (χ0v) is 13.9. The number of hydrogen-bond acceptors (Lipinski definition) is 3. The highest BCUT2D eigenvalue weighted by Crippen LogP contribution is 2.25. The van der Waals surface area contributed by atoms with E-state index < -0.39 is 0 Å². The van der Waals surface area contributed by atoms with Gasteiger partial charge in [0.25, 0.3) is 0 Å². The molecule has 5 nitrogen and oxygen atoms in total. The first-order valence-corrected chi connectivity index (χ1v) is 8.45. The Bertz CT molecular complexity index is 882. The summed E-state index contributed by atoms with van der Waals surface area (Å²) in [6.45, 7) is 1.94. The molecule has 3 heterocycles. The highest BCUT2D eigenvalue weighted by molar-refractivity contribution is 6.30. The summed E-state index contributed by atoms with van der Waals surface area (Å²) in [5, 5.41) is 0.674. The fourth-order valence-electron chi connectivity index (χ4n) is 3.13. The van der Waals surface area contributed by atoms with Gasteiger partial charge in [0.15, 0.2) is 5.65 Å². The Morgan fingerprint density at radius 3 is 2.62 bits per heavy atom. The number of amides is 1. The molecular weight excluding hydrogens is 324 g/mol. The molecule has 1 aromatic carbocycles. The predicted molar refractivity (Wildman–Crippen MR) is 93.8 cm³/mol. The molecule has 3 aromatic rings. The molecule has 24 heavy (non-hydrogen) atoms. The molecule has 1 aliphatic rings. The smallest absolute Gasteiger partial charge is 0.242 e. The van der Waals surface area contributed by atoms with E-state index in [1.165, 1.54) is 0 Å². The van der Waals surface area contributed by atoms with Crippen LogP contribution in [0.1, 0.15) is 12.8 Å². The number of fused-ring (bicyclic) bond motifs is 1. The molecule has 0 unspecified atom stereocenters. The average molecular weight is 341 g/mol. The van der Waals surface area contributed by atoms with E-state index in [1.54, 1.807) is 6.20 Å². The van der Waals surface area contributed by atoms with E-state index in [2.05, 4.69) is 9.97 Å². The van der Waals surface area contributed by atoms with Gasteiger partial charge in [-0.3, -0.25) is 9.36 Å². The average Bonchev–Trinajstić information content (AvgIpc) is 3.24. The lowest BCUT2D eigenvalue weighted by molar-refractivity contribution is -0.130. The molecular formula is C18H17ClN4O. The van der Waals surface area contributed by atoms with Crippen LogP contribution in [0.25, 0.3) is 22.6 Å². The first kappa shape index (κ1) is 15.1. The zero-order valence-electron chi connectivity index (χ0n) is 13.2. The summed E-state index contributed by atoms with van der Waals surface area (Å²) in [6.07, 6.45) is 3.89. The van der Waals surface area contributed by atoms with E-state index in [1.807, 2.05) is 45.9 Å². The molecule has 0 radical (unpaired) electrons. The van der Waals surface area contributed by atoms with Gasteiger partial charge in [0, 0.05) is 29.9 Å². The maximum Gasteiger partial charge on any atom is 0.242 e. The summed E-state index contributed by atoms with van der Waals surface area (Å²) in [5.41, 5.74) is 2.44. The number of imidazole rings is 1. The number of likely N-dealkylation sites (tertiary alicyclic amines) is 1. The fraction of sp³-hybridized carbons (Fsp3) is 0.278. The third kappa shape index (κ3) is 2.76. The van der Waals surface area contributed by atoms with Gasteiger partial charge in [-0.1, -0.05) is 11.6 Å². The van der Waals surface area contributed by atoms with E-state index in [9.17, 15) is 4.79 Å². The molecule has 0 aliphatic carbocycles. The predicted octanol–water partition coefficient (Wildman–Crippen LogP) is 3.37. The van der Waals surface area contributed by atoms with Crippen molar-refractivity contribution < 1.29 is 4.79 Å². The van der Waals surface area contributed by atoms with Gasteiger partial charge >= 0.3 is 0 Å². The van der Waals surface area contributed by atoms with Gasteiger partial charge in [-0.15, -0.1) is 0 Å². The Kier molecular flexibility index (Phi) is 3.94. The first-order chi connectivity index (χ1) is 11.7. The second-order valence-electron chi connectivity index (χ2n) is 5.96. The van der Waals surface area contributed by atoms with Crippen LogP contribution in [-0.4, -0.2) is 38.4 Å². The van der Waals surface area contributed by atoms with Gasteiger partial charge in [0.1, 0.15) is 17.9 Å². The van der Waals surface area contributed by atoms with Crippen molar-refractivity contribution >= 4 is 28.7 Å². The standard InChI is InChI=1S/C18H17ClN4O/c19-14-7-5-13(6-8-14)17-21-15-4-3-9-20-18(15)23(17)12-16(24)22-10-1-2-11-22/h3-9H,1-2,10-12H2. The van der Waals surface area contributed by atoms with Crippen molar-refractivity contribution in [3.63, 3.8) is 0 Å². The minimum absolute atomic E-state index is 0.118. The monoisotopic (exact) mass is 340 g/mol. The van der Waals surface area contributed by atoms with E-state index >= 15 is 0 Å². The van der Waals surface area contributed by atoms with Crippen LogP contribution in [0.5, 0.6) is 0 Å². The van der Waals surface area contributed by atoms with Crippen molar-refractivity contribution in [2.24, 2.45) is 0 Å². The number of benzene rings is 1. The number of aromatic nitrogens is 3. The molecule has 2 aromatic heterocycles. The number of hydrogen-bond donors (Lipinski definition) is 0.